The molecule has 2 aromatic carbocycles. The molecule has 1 radical (unpaired) electrons. The second-order valence-corrected chi connectivity index (χ2v) is 3.90. The van der Waals surface area contributed by atoms with Gasteiger partial charge in [-0.2, -0.15) is 25.1 Å². The monoisotopic (exact) mass is 324 g/mol. The van der Waals surface area contributed by atoms with Crippen molar-refractivity contribution in [1.82, 2.24) is 4.98 Å². The number of allylic oxidation sites excluding steroid dienone is 1. The number of rotatable bonds is 1. The van der Waals surface area contributed by atoms with Gasteiger partial charge in [0.05, 0.1) is 0 Å². The summed E-state index contributed by atoms with van der Waals surface area (Å²) in [6.45, 7) is 7.03. The van der Waals surface area contributed by atoms with Crippen molar-refractivity contribution >= 4 is 27.9 Å². The maximum Gasteiger partial charge on any atom is 0.0323 e. The average molecular weight is 324 g/mol. The van der Waals surface area contributed by atoms with Crippen molar-refractivity contribution < 1.29 is 32.7 Å². The van der Waals surface area contributed by atoms with E-state index in [0.717, 1.165) is 0 Å². The van der Waals surface area contributed by atoms with Crippen LogP contribution in [-0.2, 0) is 32.7 Å². The number of hydrogen-bond donors (Lipinski definition) is 1. The quantitative estimate of drug-likeness (QED) is 0.607. The summed E-state index contributed by atoms with van der Waals surface area (Å²) in [5.41, 5.74) is 3.59. The zero-order valence-electron chi connectivity index (χ0n) is 11.4. The molecule has 1 aromatic heterocycles. The molecule has 3 aromatic rings. The summed E-state index contributed by atoms with van der Waals surface area (Å²) in [7, 11) is 0. The van der Waals surface area contributed by atoms with Crippen molar-refractivity contribution in [2.24, 2.45) is 0 Å². The summed E-state index contributed by atoms with van der Waals surface area (Å²) in [6.07, 6.45) is 4.17. The molecule has 19 heavy (non-hydrogen) atoms. The van der Waals surface area contributed by atoms with Gasteiger partial charge in [0.2, 0.25) is 0 Å². The predicted molar refractivity (Wildman–Crippen MR) is 80.4 cm³/mol. The van der Waals surface area contributed by atoms with Gasteiger partial charge in [-0.1, -0.05) is 29.8 Å². The topological polar surface area (TPSA) is 15.8 Å². The third kappa shape index (κ3) is 3.35. The molecule has 1 nitrogen and oxygen atoms in total. The summed E-state index contributed by atoms with van der Waals surface area (Å²) in [5, 5.41) is 2.51. The van der Waals surface area contributed by atoms with Crippen LogP contribution in [0.15, 0.2) is 42.5 Å². The maximum absolute atomic E-state index is 3.40. The smallest absolute Gasteiger partial charge is 0.0323 e. The number of H-pyrrole nitrogens is 1. The van der Waals surface area contributed by atoms with Crippen molar-refractivity contribution in [3.8, 4) is 0 Å². The van der Waals surface area contributed by atoms with E-state index in [9.17, 15) is 0 Å². The Morgan fingerprint density at radius 1 is 1.11 bits per heavy atom. The Hall–Kier alpha value is -0.916. The second-order valence-electron chi connectivity index (χ2n) is 3.90. The Kier molecular flexibility index (Phi) is 6.47. The molecule has 0 unspecified atom stereocenters. The first-order valence-electron chi connectivity index (χ1n) is 6.13. The standard InChI is InChI=1S/C15H12N.C2H5.Y/c1-2-5-11-8-9-15-13(10-11)12-6-3-4-7-14(12)16-15;1-2;/h2,4-10,16H,1H3;1H2,2H3;/q2*-1;/b5-2+;;. The fourth-order valence-electron chi connectivity index (χ4n) is 2.10. The van der Waals surface area contributed by atoms with E-state index in [1.807, 2.05) is 19.1 Å². The normalized spacial score (nSPS) is 10.3. The Morgan fingerprint density at radius 2 is 1.84 bits per heavy atom. The number of nitrogens with one attached hydrogen (secondary N) is 1. The van der Waals surface area contributed by atoms with Crippen LogP contribution in [0.4, 0.5) is 0 Å². The summed E-state index contributed by atoms with van der Waals surface area (Å²) >= 11 is 0. The van der Waals surface area contributed by atoms with Crippen LogP contribution in [-0.4, -0.2) is 4.98 Å². The van der Waals surface area contributed by atoms with Crippen molar-refractivity contribution in [2.45, 2.75) is 13.8 Å². The van der Waals surface area contributed by atoms with Gasteiger partial charge in [-0.3, -0.25) is 0 Å². The van der Waals surface area contributed by atoms with Crippen LogP contribution in [0.1, 0.15) is 19.4 Å². The van der Waals surface area contributed by atoms with Crippen molar-refractivity contribution in [3.05, 3.63) is 61.0 Å². The number of aromatic nitrogens is 1. The zero-order chi connectivity index (χ0) is 13.0. The van der Waals surface area contributed by atoms with Gasteiger partial charge >= 0.3 is 0 Å². The number of hydrogen-bond acceptors (Lipinski definition) is 0. The van der Waals surface area contributed by atoms with Crippen LogP contribution < -0.4 is 0 Å². The minimum atomic E-state index is 0. The molecule has 1 N–H and O–H groups in total. The summed E-state index contributed by atoms with van der Waals surface area (Å²) in [5.74, 6) is 0. The zero-order valence-corrected chi connectivity index (χ0v) is 14.2. The molecule has 0 atom stereocenters. The first-order valence-corrected chi connectivity index (χ1v) is 6.13. The van der Waals surface area contributed by atoms with Crippen LogP contribution >= 0.6 is 0 Å². The van der Waals surface area contributed by atoms with Crippen molar-refractivity contribution in [3.63, 3.8) is 0 Å². The van der Waals surface area contributed by atoms with Gasteiger partial charge in [0.25, 0.3) is 0 Å². The molecule has 0 aliphatic heterocycles. The largest absolute Gasteiger partial charge is 0.378 e. The van der Waals surface area contributed by atoms with Gasteiger partial charge < -0.3 is 11.9 Å². The van der Waals surface area contributed by atoms with Crippen LogP contribution in [0.5, 0.6) is 0 Å². The van der Waals surface area contributed by atoms with E-state index in [1.54, 1.807) is 6.92 Å². The first kappa shape index (κ1) is 16.1. The maximum atomic E-state index is 3.40. The molecule has 1 heterocycles. The molecule has 0 saturated heterocycles. The van der Waals surface area contributed by atoms with Crippen LogP contribution in [0.25, 0.3) is 27.9 Å². The van der Waals surface area contributed by atoms with Gasteiger partial charge in [-0.05, 0) is 23.9 Å². The van der Waals surface area contributed by atoms with Gasteiger partial charge in [0.15, 0.2) is 0 Å². The third-order valence-corrected chi connectivity index (χ3v) is 2.83. The fourth-order valence-corrected chi connectivity index (χ4v) is 2.10. The molecule has 0 spiro atoms. The fraction of sp³-hybridized carbons (Fsp3) is 0.118. The molecule has 0 bridgehead atoms. The molecule has 95 valence electrons. The van der Waals surface area contributed by atoms with E-state index in [2.05, 4.69) is 54.4 Å². The number of fused-ring (bicyclic) bond motifs is 3. The van der Waals surface area contributed by atoms with Gasteiger partial charge in [0, 0.05) is 38.2 Å². The number of aromatic amines is 1. The molecule has 3 rings (SSSR count). The van der Waals surface area contributed by atoms with E-state index in [1.165, 1.54) is 27.4 Å². The van der Waals surface area contributed by atoms with E-state index in [4.69, 9.17) is 0 Å². The third-order valence-electron chi connectivity index (χ3n) is 2.83. The first-order chi connectivity index (χ1) is 8.88. The average Bonchev–Trinajstić information content (AvgIpc) is 2.80. The van der Waals surface area contributed by atoms with Crippen molar-refractivity contribution in [1.29, 1.82) is 0 Å². The Balaban J connectivity index is 0.000000576. The van der Waals surface area contributed by atoms with Crippen molar-refractivity contribution in [2.75, 3.05) is 0 Å². The molecular weight excluding hydrogens is 307 g/mol. The Labute approximate surface area is 140 Å². The SMILES string of the molecule is C/C=C/c1ccc2[nH]c3cc[c-]cc3c2c1.[CH2-]C.[Y]. The minimum Gasteiger partial charge on any atom is -0.378 e. The summed E-state index contributed by atoms with van der Waals surface area (Å²) in [6, 6.07) is 15.6. The molecule has 0 aliphatic carbocycles. The predicted octanol–water partition coefficient (Wildman–Crippen LogP) is 4.99. The second kappa shape index (κ2) is 7.62. The van der Waals surface area contributed by atoms with Gasteiger partial charge in [0.1, 0.15) is 0 Å². The van der Waals surface area contributed by atoms with Gasteiger partial charge in [-0.15, -0.1) is 11.5 Å². The summed E-state index contributed by atoms with van der Waals surface area (Å²) < 4.78 is 0. The molecule has 0 fully saturated rings. The van der Waals surface area contributed by atoms with E-state index in [0.29, 0.717) is 0 Å². The Bertz CT molecular complexity index is 680. The van der Waals surface area contributed by atoms with Crippen LogP contribution in [0, 0.1) is 13.0 Å². The molecular formula is C17H17NY-2. The molecule has 0 saturated carbocycles. The molecule has 2 heteroatoms. The minimum absolute atomic E-state index is 0. The molecule has 0 aliphatic rings. The summed E-state index contributed by atoms with van der Waals surface area (Å²) in [4.78, 5) is 3.40. The molecule has 0 amide bonds. The van der Waals surface area contributed by atoms with E-state index in [-0.39, 0.29) is 32.7 Å². The van der Waals surface area contributed by atoms with Gasteiger partial charge in [-0.25, -0.2) is 0 Å². The van der Waals surface area contributed by atoms with Crippen LogP contribution in [0.2, 0.25) is 0 Å². The Morgan fingerprint density at radius 3 is 2.58 bits per heavy atom. The van der Waals surface area contributed by atoms with E-state index >= 15 is 0 Å². The van der Waals surface area contributed by atoms with Crippen LogP contribution in [0.3, 0.4) is 0 Å². The van der Waals surface area contributed by atoms with E-state index < -0.39 is 0 Å². The number of benzene rings is 2.